The van der Waals surface area contributed by atoms with E-state index in [9.17, 15) is 17.6 Å². The molecule has 1 fully saturated rings. The van der Waals surface area contributed by atoms with Gasteiger partial charge in [0, 0.05) is 44.0 Å². The van der Waals surface area contributed by atoms with E-state index in [1.54, 1.807) is 18.9 Å². The fraction of sp³-hybridized carbons (Fsp3) is 0.350. The molecule has 2 aliphatic heterocycles. The van der Waals surface area contributed by atoms with Gasteiger partial charge in [0.25, 0.3) is 5.91 Å². The number of ether oxygens (including phenoxy) is 1. The Hall–Kier alpha value is -3.45. The molecule has 1 saturated heterocycles. The van der Waals surface area contributed by atoms with Crippen molar-refractivity contribution >= 4 is 27.6 Å². The minimum absolute atomic E-state index is 0.0315. The van der Waals surface area contributed by atoms with E-state index in [-0.39, 0.29) is 28.9 Å². The number of fused-ring (bicyclic) bond motifs is 2. The monoisotopic (exact) mass is 476 g/mol. The molecule has 2 atom stereocenters. The second kappa shape index (κ2) is 7.85. The number of amides is 1. The number of hydrogen-bond donors (Lipinski definition) is 2. The Kier molecular flexibility index (Phi) is 5.09. The van der Waals surface area contributed by atoms with Crippen molar-refractivity contribution < 1.29 is 26.8 Å². The zero-order valence-corrected chi connectivity index (χ0v) is 18.6. The van der Waals surface area contributed by atoms with Gasteiger partial charge in [-0.05, 0) is 30.7 Å². The third-order valence-corrected chi connectivity index (χ3v) is 7.31. The Morgan fingerprint density at radius 2 is 2.15 bits per heavy atom. The smallest absolute Gasteiger partial charge is 0.318 e. The fourth-order valence-electron chi connectivity index (χ4n) is 4.17. The van der Waals surface area contributed by atoms with Crippen LogP contribution in [-0.2, 0) is 17.1 Å². The van der Waals surface area contributed by atoms with Crippen LogP contribution in [0.5, 0.6) is 5.75 Å². The molecule has 0 bridgehead atoms. The lowest BCUT2D eigenvalue weighted by Crippen LogP contribution is -2.43. The van der Waals surface area contributed by atoms with Crippen molar-refractivity contribution in [2.45, 2.75) is 17.9 Å². The average molecular weight is 476 g/mol. The van der Waals surface area contributed by atoms with Crippen LogP contribution in [0.1, 0.15) is 16.1 Å². The normalized spacial score (nSPS) is 21.5. The van der Waals surface area contributed by atoms with Crippen LogP contribution in [0.3, 0.4) is 0 Å². The van der Waals surface area contributed by atoms with E-state index in [4.69, 9.17) is 9.15 Å². The quantitative estimate of drug-likeness (QED) is 0.578. The fourth-order valence-corrected chi connectivity index (χ4v) is 5.66. The predicted molar refractivity (Wildman–Crippen MR) is 114 cm³/mol. The summed E-state index contributed by atoms with van der Waals surface area (Å²) in [5.74, 6) is -1.21. The topological polar surface area (TPSA) is 132 Å². The Balaban J connectivity index is 1.44. The molecule has 1 aromatic carbocycles. The molecule has 5 rings (SSSR count). The van der Waals surface area contributed by atoms with E-state index < -0.39 is 27.8 Å². The highest BCUT2D eigenvalue weighted by Gasteiger charge is 2.42. The molecule has 11 nitrogen and oxygen atoms in total. The highest BCUT2D eigenvalue weighted by molar-refractivity contribution is 7.89. The molecule has 0 aliphatic carbocycles. The Bertz CT molecular complexity index is 1320. The molecule has 0 spiro atoms. The number of hydrogen-bond acceptors (Lipinski definition) is 8. The molecule has 174 valence electrons. The van der Waals surface area contributed by atoms with Gasteiger partial charge in [0.2, 0.25) is 16.4 Å². The highest BCUT2D eigenvalue weighted by Crippen LogP contribution is 2.35. The van der Waals surface area contributed by atoms with E-state index in [0.717, 1.165) is 0 Å². The first-order chi connectivity index (χ1) is 15.7. The van der Waals surface area contributed by atoms with Crippen LogP contribution in [0.15, 0.2) is 40.1 Å². The molecule has 2 aromatic heterocycles. The molecular formula is C20H21FN6O5S. The lowest BCUT2D eigenvalue weighted by atomic mass is 10.1. The summed E-state index contributed by atoms with van der Waals surface area (Å²) in [4.78, 5) is 14.7. The molecular weight excluding hydrogens is 455 g/mol. The first-order valence-corrected chi connectivity index (χ1v) is 11.6. The molecule has 0 radical (unpaired) electrons. The van der Waals surface area contributed by atoms with Gasteiger partial charge in [-0.25, -0.2) is 17.5 Å². The first kappa shape index (κ1) is 21.4. The van der Waals surface area contributed by atoms with Gasteiger partial charge in [0.15, 0.2) is 11.4 Å². The van der Waals surface area contributed by atoms with Gasteiger partial charge >= 0.3 is 6.01 Å². The van der Waals surface area contributed by atoms with Crippen LogP contribution in [0.4, 0.5) is 16.1 Å². The largest absolute Gasteiger partial charge is 0.489 e. The number of nitrogens with one attached hydrogen (secondary N) is 2. The lowest BCUT2D eigenvalue weighted by Gasteiger charge is -2.23. The maximum Gasteiger partial charge on any atom is 0.318 e. The number of carbonyl (C=O) groups is 1. The van der Waals surface area contributed by atoms with Gasteiger partial charge in [0.05, 0.1) is 6.61 Å². The number of aromatic nitrogens is 3. The van der Waals surface area contributed by atoms with Gasteiger partial charge < -0.3 is 23.9 Å². The van der Waals surface area contributed by atoms with Crippen LogP contribution < -0.4 is 19.7 Å². The molecule has 2 N–H and O–H groups in total. The minimum atomic E-state index is -3.99. The molecule has 0 saturated carbocycles. The van der Waals surface area contributed by atoms with Gasteiger partial charge in [0.1, 0.15) is 10.7 Å². The first-order valence-electron chi connectivity index (χ1n) is 10.2. The van der Waals surface area contributed by atoms with E-state index in [1.165, 1.54) is 35.4 Å². The van der Waals surface area contributed by atoms with E-state index in [2.05, 4.69) is 20.2 Å². The van der Waals surface area contributed by atoms with E-state index in [0.29, 0.717) is 30.4 Å². The summed E-state index contributed by atoms with van der Waals surface area (Å²) < 4.78 is 55.2. The van der Waals surface area contributed by atoms with Crippen molar-refractivity contribution in [1.29, 1.82) is 0 Å². The Morgan fingerprint density at radius 3 is 2.88 bits per heavy atom. The number of halogens is 1. The summed E-state index contributed by atoms with van der Waals surface area (Å²) in [5.41, 5.74) is 0.797. The zero-order chi connectivity index (χ0) is 23.3. The summed E-state index contributed by atoms with van der Waals surface area (Å²) >= 11 is 0. The summed E-state index contributed by atoms with van der Waals surface area (Å²) in [6.45, 7) is 2.54. The summed E-state index contributed by atoms with van der Waals surface area (Å²) in [6.07, 6.45) is 2.55. The maximum atomic E-state index is 13.6. The third kappa shape index (κ3) is 3.82. The molecule has 3 aromatic rings. The van der Waals surface area contributed by atoms with Gasteiger partial charge in [-0.15, -0.1) is 5.10 Å². The zero-order valence-electron chi connectivity index (χ0n) is 17.8. The Labute approximate surface area is 188 Å². The number of rotatable bonds is 3. The van der Waals surface area contributed by atoms with Crippen LogP contribution in [-0.4, -0.2) is 54.8 Å². The number of benzene rings is 1. The standard InChI is InChI=1S/C20H21FN6O5S/c1-11-5-13(3-4-14(11)21)23-19(28)17-18-16(8-26(17)2)33(29,30)25-15-7-27(6-12(15)9-31-18)20-24-22-10-32-20/h3-5,8,10,12,15,25H,6-7,9H2,1-2H3,(H,23,28)/t12-,15-/m0/s1. The molecule has 33 heavy (non-hydrogen) atoms. The van der Waals surface area contributed by atoms with Gasteiger partial charge in [-0.1, -0.05) is 5.10 Å². The van der Waals surface area contributed by atoms with Crippen LogP contribution in [0.25, 0.3) is 0 Å². The molecule has 4 heterocycles. The van der Waals surface area contributed by atoms with Crippen LogP contribution in [0.2, 0.25) is 0 Å². The SMILES string of the molecule is Cc1cc(NC(=O)c2c3c(cn2C)S(=O)(=O)N[C@H]2CN(c4nnco4)C[C@H]2CO3)ccc1F. The second-order valence-electron chi connectivity index (χ2n) is 8.13. The number of nitrogens with zero attached hydrogens (tertiary/aromatic N) is 4. The molecule has 1 amide bonds. The maximum absolute atomic E-state index is 13.6. The second-order valence-corrected chi connectivity index (χ2v) is 9.81. The van der Waals surface area contributed by atoms with Crippen LogP contribution in [0, 0.1) is 18.7 Å². The average Bonchev–Trinajstić information content (AvgIpc) is 3.47. The third-order valence-electron chi connectivity index (χ3n) is 5.83. The van der Waals surface area contributed by atoms with Crippen molar-refractivity contribution in [3.63, 3.8) is 0 Å². The molecule has 2 aliphatic rings. The van der Waals surface area contributed by atoms with Crippen molar-refractivity contribution in [3.8, 4) is 5.75 Å². The molecule has 0 unspecified atom stereocenters. The van der Waals surface area contributed by atoms with Crippen molar-refractivity contribution in [3.05, 3.63) is 47.9 Å². The van der Waals surface area contributed by atoms with E-state index >= 15 is 0 Å². The number of carbonyl (C=O) groups excluding carboxylic acids is 1. The lowest BCUT2D eigenvalue weighted by molar-refractivity contribution is 0.101. The van der Waals surface area contributed by atoms with Crippen molar-refractivity contribution in [2.75, 3.05) is 29.9 Å². The summed E-state index contributed by atoms with van der Waals surface area (Å²) in [5, 5.41) is 10.2. The molecule has 13 heteroatoms. The highest BCUT2D eigenvalue weighted by atomic mass is 32.2. The minimum Gasteiger partial charge on any atom is -0.489 e. The van der Waals surface area contributed by atoms with Crippen molar-refractivity contribution in [2.24, 2.45) is 13.0 Å². The van der Waals surface area contributed by atoms with Gasteiger partial charge in [-0.3, -0.25) is 4.79 Å². The number of sulfonamides is 1. The summed E-state index contributed by atoms with van der Waals surface area (Å²) in [7, 11) is -2.43. The summed E-state index contributed by atoms with van der Waals surface area (Å²) in [6, 6.07) is 4.04. The van der Waals surface area contributed by atoms with Crippen LogP contribution >= 0.6 is 0 Å². The van der Waals surface area contributed by atoms with E-state index in [1.807, 2.05) is 0 Å². The number of aryl methyl sites for hydroxylation is 2. The number of anilines is 2. The van der Waals surface area contributed by atoms with Gasteiger partial charge in [-0.2, -0.15) is 0 Å². The Morgan fingerprint density at radius 1 is 1.33 bits per heavy atom. The predicted octanol–water partition coefficient (Wildman–Crippen LogP) is 1.28. The van der Waals surface area contributed by atoms with Crippen molar-refractivity contribution in [1.82, 2.24) is 19.5 Å².